The largest absolute Gasteiger partial charge is 0.388 e. The molecule has 2 N–H and O–H groups in total. The Balaban J connectivity index is 1.73. The fourth-order valence-electron chi connectivity index (χ4n) is 3.79. The lowest BCUT2D eigenvalue weighted by Crippen LogP contribution is -2.26. The number of hydrogen-bond acceptors (Lipinski definition) is 3. The third-order valence-corrected chi connectivity index (χ3v) is 5.21. The number of pyridine rings is 1. The van der Waals surface area contributed by atoms with Crippen molar-refractivity contribution in [2.45, 2.75) is 39.3 Å². The molecule has 4 nitrogen and oxygen atoms in total. The molecule has 130 valence electrons. The van der Waals surface area contributed by atoms with Crippen LogP contribution in [0.3, 0.4) is 0 Å². The van der Waals surface area contributed by atoms with Crippen LogP contribution in [0.25, 0.3) is 10.9 Å². The van der Waals surface area contributed by atoms with E-state index in [9.17, 15) is 5.11 Å². The number of aromatic amines is 1. The number of likely N-dealkylation sites (N-methyl/N-ethyl adjacent to an activating group) is 1. The highest BCUT2D eigenvalue weighted by Crippen LogP contribution is 2.31. The maximum Gasteiger partial charge on any atom is 0.0846 e. The number of aliphatic hydroxyl groups excluding tert-OH is 1. The number of aliphatic hydroxyl groups is 1. The van der Waals surface area contributed by atoms with Crippen molar-refractivity contribution in [1.29, 1.82) is 0 Å². The van der Waals surface area contributed by atoms with Gasteiger partial charge in [-0.2, -0.15) is 0 Å². The highest BCUT2D eigenvalue weighted by Gasteiger charge is 2.21. The highest BCUT2D eigenvalue weighted by molar-refractivity contribution is 5.87. The molecule has 25 heavy (non-hydrogen) atoms. The first-order chi connectivity index (χ1) is 12.0. The molecule has 4 heteroatoms. The van der Waals surface area contributed by atoms with E-state index in [4.69, 9.17) is 4.98 Å². The molecule has 0 saturated carbocycles. The van der Waals surface area contributed by atoms with Crippen LogP contribution in [-0.4, -0.2) is 33.6 Å². The molecule has 3 aromatic rings. The maximum atomic E-state index is 10.7. The summed E-state index contributed by atoms with van der Waals surface area (Å²) in [7, 11) is 2.16. The molecule has 3 heterocycles. The Hall–Kier alpha value is -2.17. The number of nitrogens with zero attached hydrogens (tertiary/aromatic N) is 2. The predicted octanol–water partition coefficient (Wildman–Crippen LogP) is 3.44. The first-order valence-electron chi connectivity index (χ1n) is 8.94. The fraction of sp³-hybridized carbons (Fsp3) is 0.381. The van der Waals surface area contributed by atoms with E-state index in [0.29, 0.717) is 6.42 Å². The first-order valence-corrected chi connectivity index (χ1v) is 8.94. The van der Waals surface area contributed by atoms with Crippen LogP contribution >= 0.6 is 0 Å². The molecule has 0 spiro atoms. The summed E-state index contributed by atoms with van der Waals surface area (Å²) in [4.78, 5) is 10.7. The molecule has 4 rings (SSSR count). The van der Waals surface area contributed by atoms with Crippen molar-refractivity contribution < 1.29 is 5.11 Å². The molecule has 1 aliphatic heterocycles. The zero-order chi connectivity index (χ0) is 17.6. The average Bonchev–Trinajstić information content (AvgIpc) is 2.93. The van der Waals surface area contributed by atoms with Gasteiger partial charge in [-0.15, -0.1) is 0 Å². The van der Waals surface area contributed by atoms with Crippen LogP contribution in [-0.2, 0) is 19.4 Å². The van der Waals surface area contributed by atoms with E-state index in [-0.39, 0.29) is 0 Å². The van der Waals surface area contributed by atoms with Crippen molar-refractivity contribution in [1.82, 2.24) is 14.9 Å². The predicted molar refractivity (Wildman–Crippen MR) is 101 cm³/mol. The van der Waals surface area contributed by atoms with Gasteiger partial charge in [0.1, 0.15) is 0 Å². The normalized spacial score (nSPS) is 16.2. The molecule has 0 aliphatic carbocycles. The quantitative estimate of drug-likeness (QED) is 0.771. The molecule has 0 radical (unpaired) electrons. The standard InChI is InChI=1S/C21H25N3O/c1-13-4-6-15(7-5-13)20(25)11-19-21-16(10-14(2)22-19)17-12-24(3)9-8-18(17)23-21/h4-7,10,20,23,25H,8-9,11-12H2,1-3H3. The second-order valence-corrected chi connectivity index (χ2v) is 7.33. The summed E-state index contributed by atoms with van der Waals surface area (Å²) in [6, 6.07) is 10.3. The van der Waals surface area contributed by atoms with Gasteiger partial charge in [0.25, 0.3) is 0 Å². The maximum absolute atomic E-state index is 10.7. The summed E-state index contributed by atoms with van der Waals surface area (Å²) in [6.45, 7) is 6.14. The van der Waals surface area contributed by atoms with Crippen LogP contribution in [0.15, 0.2) is 30.3 Å². The van der Waals surface area contributed by atoms with Gasteiger partial charge in [0.05, 0.1) is 17.3 Å². The Labute approximate surface area is 148 Å². The molecule has 0 bridgehead atoms. The van der Waals surface area contributed by atoms with Gasteiger partial charge < -0.3 is 15.0 Å². The van der Waals surface area contributed by atoms with E-state index < -0.39 is 6.10 Å². The fourth-order valence-corrected chi connectivity index (χ4v) is 3.79. The number of benzene rings is 1. The Morgan fingerprint density at radius 3 is 2.76 bits per heavy atom. The van der Waals surface area contributed by atoms with Crippen molar-refractivity contribution in [3.63, 3.8) is 0 Å². The molecule has 0 fully saturated rings. The van der Waals surface area contributed by atoms with E-state index >= 15 is 0 Å². The SMILES string of the molecule is Cc1ccc(C(O)Cc2nc(C)cc3c4c([nH]c23)CCN(C)C4)cc1. The van der Waals surface area contributed by atoms with Gasteiger partial charge >= 0.3 is 0 Å². The minimum absolute atomic E-state index is 0.524. The van der Waals surface area contributed by atoms with Gasteiger partial charge in [-0.25, -0.2) is 0 Å². The monoisotopic (exact) mass is 335 g/mol. The second-order valence-electron chi connectivity index (χ2n) is 7.33. The van der Waals surface area contributed by atoms with Crippen LogP contribution < -0.4 is 0 Å². The average molecular weight is 335 g/mol. The topological polar surface area (TPSA) is 52.2 Å². The van der Waals surface area contributed by atoms with Gasteiger partial charge in [0.15, 0.2) is 0 Å². The lowest BCUT2D eigenvalue weighted by Gasteiger charge is -2.22. The third kappa shape index (κ3) is 3.08. The van der Waals surface area contributed by atoms with Crippen molar-refractivity contribution in [2.75, 3.05) is 13.6 Å². The summed E-state index contributed by atoms with van der Waals surface area (Å²) in [5, 5.41) is 12.0. The molecule has 1 aliphatic rings. The number of rotatable bonds is 3. The summed E-state index contributed by atoms with van der Waals surface area (Å²) in [5.74, 6) is 0. The van der Waals surface area contributed by atoms with E-state index in [1.165, 1.54) is 22.2 Å². The summed E-state index contributed by atoms with van der Waals surface area (Å²) in [5.41, 5.74) is 7.92. The van der Waals surface area contributed by atoms with Gasteiger partial charge in [-0.05, 0) is 38.1 Å². The number of hydrogen-bond donors (Lipinski definition) is 2. The van der Waals surface area contributed by atoms with Crippen molar-refractivity contribution in [3.05, 3.63) is 64.1 Å². The van der Waals surface area contributed by atoms with E-state index in [2.05, 4.69) is 29.9 Å². The minimum atomic E-state index is -0.541. The summed E-state index contributed by atoms with van der Waals surface area (Å²) < 4.78 is 0. The minimum Gasteiger partial charge on any atom is -0.388 e. The van der Waals surface area contributed by atoms with E-state index in [1.54, 1.807) is 0 Å². The second kappa shape index (κ2) is 6.28. The van der Waals surface area contributed by atoms with Gasteiger partial charge in [-0.1, -0.05) is 29.8 Å². The lowest BCUT2D eigenvalue weighted by atomic mass is 10.0. The number of nitrogens with one attached hydrogen (secondary N) is 1. The van der Waals surface area contributed by atoms with Gasteiger partial charge in [0, 0.05) is 42.7 Å². The Morgan fingerprint density at radius 1 is 1.24 bits per heavy atom. The zero-order valence-electron chi connectivity index (χ0n) is 15.1. The molecule has 1 unspecified atom stereocenters. The molecule has 2 aromatic heterocycles. The van der Waals surface area contributed by atoms with Crippen molar-refractivity contribution in [3.8, 4) is 0 Å². The Bertz CT molecular complexity index is 911. The van der Waals surface area contributed by atoms with Crippen molar-refractivity contribution in [2.24, 2.45) is 0 Å². The summed E-state index contributed by atoms with van der Waals surface area (Å²) >= 11 is 0. The van der Waals surface area contributed by atoms with Crippen LogP contribution in [0.4, 0.5) is 0 Å². The molecular weight excluding hydrogens is 310 g/mol. The van der Waals surface area contributed by atoms with Crippen LogP contribution in [0.2, 0.25) is 0 Å². The van der Waals surface area contributed by atoms with E-state index in [0.717, 1.165) is 42.0 Å². The number of aromatic nitrogens is 2. The molecular formula is C21H25N3O. The first kappa shape index (κ1) is 16.3. The Morgan fingerprint density at radius 2 is 2.00 bits per heavy atom. The number of fused-ring (bicyclic) bond motifs is 3. The van der Waals surface area contributed by atoms with E-state index in [1.807, 2.05) is 31.2 Å². The van der Waals surface area contributed by atoms with Crippen LogP contribution in [0.1, 0.15) is 39.9 Å². The van der Waals surface area contributed by atoms with Crippen LogP contribution in [0, 0.1) is 13.8 Å². The van der Waals surface area contributed by atoms with Gasteiger partial charge in [-0.3, -0.25) is 4.98 Å². The number of H-pyrrole nitrogens is 1. The highest BCUT2D eigenvalue weighted by atomic mass is 16.3. The number of aryl methyl sites for hydroxylation is 2. The third-order valence-electron chi connectivity index (χ3n) is 5.21. The smallest absolute Gasteiger partial charge is 0.0846 e. The lowest BCUT2D eigenvalue weighted by molar-refractivity contribution is 0.177. The molecule has 0 saturated heterocycles. The molecule has 1 atom stereocenters. The van der Waals surface area contributed by atoms with Crippen molar-refractivity contribution >= 4 is 10.9 Å². The Kier molecular flexibility index (Phi) is 4.10. The van der Waals surface area contributed by atoms with Crippen LogP contribution in [0.5, 0.6) is 0 Å². The van der Waals surface area contributed by atoms with Gasteiger partial charge in [0.2, 0.25) is 0 Å². The zero-order valence-corrected chi connectivity index (χ0v) is 15.1. The molecule has 1 aromatic carbocycles. The summed E-state index contributed by atoms with van der Waals surface area (Å²) in [6.07, 6.45) is 1.02. The molecule has 0 amide bonds.